The molecule has 0 saturated heterocycles. The molecule has 0 aliphatic rings. The fourth-order valence-electron chi connectivity index (χ4n) is 3.18. The van der Waals surface area contributed by atoms with Crippen molar-refractivity contribution in [1.29, 1.82) is 0 Å². The van der Waals surface area contributed by atoms with E-state index in [9.17, 15) is 14.0 Å². The van der Waals surface area contributed by atoms with Crippen molar-refractivity contribution in [3.8, 4) is 17.2 Å². The molecule has 2 N–H and O–H groups in total. The van der Waals surface area contributed by atoms with Crippen LogP contribution in [0.1, 0.15) is 23.6 Å². The number of methoxy groups -OCH3 is 3. The number of nitrogens with two attached hydrogens (primary N) is 1. The number of carbonyl (C=O) groups excluding carboxylic acids is 2. The van der Waals surface area contributed by atoms with Crippen molar-refractivity contribution in [1.82, 2.24) is 4.90 Å². The third-order valence-electron chi connectivity index (χ3n) is 4.61. The minimum atomic E-state index is -1.06. The van der Waals surface area contributed by atoms with Gasteiger partial charge in [0.2, 0.25) is 17.6 Å². The van der Waals surface area contributed by atoms with E-state index in [-0.39, 0.29) is 12.3 Å². The monoisotopic (exact) mass is 404 g/mol. The van der Waals surface area contributed by atoms with Gasteiger partial charge in [0.15, 0.2) is 11.5 Å². The van der Waals surface area contributed by atoms with Gasteiger partial charge in [0.1, 0.15) is 11.9 Å². The van der Waals surface area contributed by atoms with Crippen molar-refractivity contribution in [3.05, 3.63) is 53.3 Å². The summed E-state index contributed by atoms with van der Waals surface area (Å²) in [7, 11) is 5.99. The predicted molar refractivity (Wildman–Crippen MR) is 106 cm³/mol. The van der Waals surface area contributed by atoms with E-state index in [0.29, 0.717) is 29.2 Å². The minimum absolute atomic E-state index is 0.0848. The number of carbonyl (C=O) groups is 2. The van der Waals surface area contributed by atoms with Crippen LogP contribution < -0.4 is 19.9 Å². The summed E-state index contributed by atoms with van der Waals surface area (Å²) in [5.41, 5.74) is 6.54. The number of rotatable bonds is 9. The fourth-order valence-corrected chi connectivity index (χ4v) is 3.18. The van der Waals surface area contributed by atoms with Gasteiger partial charge in [-0.3, -0.25) is 9.59 Å². The van der Waals surface area contributed by atoms with Crippen LogP contribution in [0.3, 0.4) is 0 Å². The standard InChI is InChI=1S/C21H25FN2O5/c1-24(18(21(23)26)14-6-5-7-15(22)12-14)17(25)11-9-13-8-10-16(27-2)20(29-4)19(13)28-3/h5-8,10,12,18H,9,11H2,1-4H3,(H2,23,26). The van der Waals surface area contributed by atoms with Crippen molar-refractivity contribution in [2.45, 2.75) is 18.9 Å². The van der Waals surface area contributed by atoms with Gasteiger partial charge < -0.3 is 24.8 Å². The highest BCUT2D eigenvalue weighted by Gasteiger charge is 2.27. The van der Waals surface area contributed by atoms with E-state index >= 15 is 0 Å². The lowest BCUT2D eigenvalue weighted by molar-refractivity contribution is -0.138. The summed E-state index contributed by atoms with van der Waals surface area (Å²) in [6.07, 6.45) is 0.419. The fraction of sp³-hybridized carbons (Fsp3) is 0.333. The van der Waals surface area contributed by atoms with E-state index in [2.05, 4.69) is 0 Å². The first kappa shape index (κ1) is 22.0. The topological polar surface area (TPSA) is 91.1 Å². The first-order valence-electron chi connectivity index (χ1n) is 8.92. The Morgan fingerprint density at radius 2 is 1.76 bits per heavy atom. The van der Waals surface area contributed by atoms with Gasteiger partial charge in [-0.15, -0.1) is 0 Å². The number of amides is 2. The van der Waals surface area contributed by atoms with Crippen LogP contribution in [-0.4, -0.2) is 45.1 Å². The Hall–Kier alpha value is -3.29. The highest BCUT2D eigenvalue weighted by molar-refractivity contribution is 5.87. The van der Waals surface area contributed by atoms with Crippen LogP contribution in [0.25, 0.3) is 0 Å². The van der Waals surface area contributed by atoms with Crippen LogP contribution in [-0.2, 0) is 16.0 Å². The summed E-state index contributed by atoms with van der Waals surface area (Å²) in [4.78, 5) is 25.9. The van der Waals surface area contributed by atoms with Gasteiger partial charge in [0, 0.05) is 13.5 Å². The molecular weight excluding hydrogens is 379 g/mol. The lowest BCUT2D eigenvalue weighted by Gasteiger charge is -2.26. The zero-order chi connectivity index (χ0) is 21.6. The molecule has 0 heterocycles. The molecule has 8 heteroatoms. The average Bonchev–Trinajstić information content (AvgIpc) is 2.70. The predicted octanol–water partition coefficient (Wildman–Crippen LogP) is 2.47. The first-order valence-corrected chi connectivity index (χ1v) is 8.92. The van der Waals surface area contributed by atoms with E-state index in [0.717, 1.165) is 5.56 Å². The Kier molecular flexibility index (Phi) is 7.41. The Bertz CT molecular complexity index is 887. The number of aryl methyl sites for hydroxylation is 1. The van der Waals surface area contributed by atoms with E-state index in [4.69, 9.17) is 19.9 Å². The van der Waals surface area contributed by atoms with Gasteiger partial charge in [0.05, 0.1) is 21.3 Å². The lowest BCUT2D eigenvalue weighted by Crippen LogP contribution is -2.39. The van der Waals surface area contributed by atoms with Gasteiger partial charge >= 0.3 is 0 Å². The second kappa shape index (κ2) is 9.77. The van der Waals surface area contributed by atoms with Gasteiger partial charge in [-0.2, -0.15) is 0 Å². The maximum absolute atomic E-state index is 13.5. The molecule has 156 valence electrons. The Labute approximate surface area is 169 Å². The van der Waals surface area contributed by atoms with Gasteiger partial charge in [0.25, 0.3) is 0 Å². The minimum Gasteiger partial charge on any atom is -0.493 e. The molecule has 0 bridgehead atoms. The van der Waals surface area contributed by atoms with Crippen LogP contribution in [0, 0.1) is 5.82 Å². The Balaban J connectivity index is 2.20. The number of benzene rings is 2. The van der Waals surface area contributed by atoms with E-state index in [1.807, 2.05) is 0 Å². The zero-order valence-corrected chi connectivity index (χ0v) is 16.9. The molecule has 29 heavy (non-hydrogen) atoms. The average molecular weight is 404 g/mol. The van der Waals surface area contributed by atoms with Crippen molar-refractivity contribution in [3.63, 3.8) is 0 Å². The number of halogens is 1. The smallest absolute Gasteiger partial charge is 0.244 e. The molecule has 1 unspecified atom stereocenters. The largest absolute Gasteiger partial charge is 0.493 e. The van der Waals surface area contributed by atoms with Crippen molar-refractivity contribution in [2.75, 3.05) is 28.4 Å². The molecule has 2 rings (SSSR count). The molecule has 1 atom stereocenters. The van der Waals surface area contributed by atoms with Crippen LogP contribution in [0.5, 0.6) is 17.2 Å². The normalized spacial score (nSPS) is 11.5. The van der Waals surface area contributed by atoms with Crippen LogP contribution in [0.15, 0.2) is 36.4 Å². The lowest BCUT2D eigenvalue weighted by atomic mass is 10.0. The summed E-state index contributed by atoms with van der Waals surface area (Å²) in [6, 6.07) is 7.91. The second-order valence-electron chi connectivity index (χ2n) is 6.36. The van der Waals surface area contributed by atoms with Crippen molar-refractivity contribution in [2.24, 2.45) is 5.73 Å². The third kappa shape index (κ3) is 4.96. The first-order chi connectivity index (χ1) is 13.8. The molecule has 2 aromatic carbocycles. The van der Waals surface area contributed by atoms with Crippen LogP contribution >= 0.6 is 0 Å². The molecule has 7 nitrogen and oxygen atoms in total. The number of hydrogen-bond acceptors (Lipinski definition) is 5. The van der Waals surface area contributed by atoms with E-state index in [1.54, 1.807) is 18.2 Å². The van der Waals surface area contributed by atoms with E-state index < -0.39 is 17.8 Å². The summed E-state index contributed by atoms with van der Waals surface area (Å²) in [5, 5.41) is 0. The molecule has 0 aliphatic carbocycles. The van der Waals surface area contributed by atoms with Gasteiger partial charge in [-0.25, -0.2) is 4.39 Å². The van der Waals surface area contributed by atoms with E-state index in [1.165, 1.54) is 51.5 Å². The SMILES string of the molecule is COc1ccc(CCC(=O)N(C)C(C(N)=O)c2cccc(F)c2)c(OC)c1OC. The molecule has 0 saturated carbocycles. The van der Waals surface area contributed by atoms with Crippen molar-refractivity contribution < 1.29 is 28.2 Å². The summed E-state index contributed by atoms with van der Waals surface area (Å²) >= 11 is 0. The Morgan fingerprint density at radius 3 is 2.31 bits per heavy atom. The molecule has 0 aliphatic heterocycles. The number of nitrogens with zero attached hydrogens (tertiary/aromatic N) is 1. The molecule has 2 amide bonds. The quantitative estimate of drug-likeness (QED) is 0.693. The third-order valence-corrected chi connectivity index (χ3v) is 4.61. The molecule has 2 aromatic rings. The maximum Gasteiger partial charge on any atom is 0.244 e. The summed E-state index contributed by atoms with van der Waals surface area (Å²) < 4.78 is 29.6. The van der Waals surface area contributed by atoms with Gasteiger partial charge in [-0.1, -0.05) is 18.2 Å². The van der Waals surface area contributed by atoms with Gasteiger partial charge in [-0.05, 0) is 35.7 Å². The number of primary amides is 1. The number of hydrogen-bond donors (Lipinski definition) is 1. The zero-order valence-electron chi connectivity index (χ0n) is 16.9. The molecule has 0 radical (unpaired) electrons. The summed E-state index contributed by atoms with van der Waals surface area (Å²) in [5.74, 6) is -0.159. The Morgan fingerprint density at radius 1 is 1.07 bits per heavy atom. The highest BCUT2D eigenvalue weighted by Crippen LogP contribution is 2.40. The second-order valence-corrected chi connectivity index (χ2v) is 6.36. The molecule has 0 spiro atoms. The number of ether oxygens (including phenoxy) is 3. The molecule has 0 aromatic heterocycles. The highest BCUT2D eigenvalue weighted by atomic mass is 19.1. The van der Waals surface area contributed by atoms with Crippen molar-refractivity contribution >= 4 is 11.8 Å². The van der Waals surface area contributed by atoms with Crippen LogP contribution in [0.2, 0.25) is 0 Å². The number of likely N-dealkylation sites (N-methyl/N-ethyl adjacent to an activating group) is 1. The molecular formula is C21H25FN2O5. The summed E-state index contributed by atoms with van der Waals surface area (Å²) in [6.45, 7) is 0. The van der Waals surface area contributed by atoms with Crippen LogP contribution in [0.4, 0.5) is 4.39 Å². The molecule has 0 fully saturated rings. The maximum atomic E-state index is 13.5.